The summed E-state index contributed by atoms with van der Waals surface area (Å²) in [6, 6.07) is 65.6. The van der Waals surface area contributed by atoms with E-state index in [0.29, 0.717) is 11.3 Å². The zero-order chi connectivity index (χ0) is 47.1. The maximum atomic E-state index is 9.98. The lowest BCUT2D eigenvalue weighted by molar-refractivity contribution is 1.18. The Labute approximate surface area is 370 Å². The van der Waals surface area contributed by atoms with Crippen molar-refractivity contribution >= 4 is 43.6 Å². The van der Waals surface area contributed by atoms with Gasteiger partial charge in [-0.05, 0) is 122 Å². The Morgan fingerprint density at radius 2 is 0.694 bits per heavy atom. The Balaban J connectivity index is 1.06. The first-order valence-electron chi connectivity index (χ1n) is 24.3. The molecule has 2 heteroatoms. The van der Waals surface area contributed by atoms with E-state index in [0.717, 1.165) is 72.0 Å². The molecule has 2 aromatic heterocycles. The monoisotopic (exact) mass is 795 g/mol. The number of nitrogens with zero attached hydrogens (tertiary/aromatic N) is 2. The maximum Gasteiger partial charge on any atom is 0.0645 e. The van der Waals surface area contributed by atoms with Crippen LogP contribution in [0.2, 0.25) is 0 Å². The molecule has 0 amide bonds. The number of benzene rings is 10. The molecular weight excluding hydrogens is 749 g/mol. The number of fused-ring (bicyclic) bond motifs is 6. The van der Waals surface area contributed by atoms with E-state index in [1.165, 1.54) is 0 Å². The molecule has 0 unspecified atom stereocenters. The average Bonchev–Trinajstić information content (AvgIpc) is 3.94. The van der Waals surface area contributed by atoms with Crippen LogP contribution >= 0.6 is 0 Å². The quantitative estimate of drug-likeness (QED) is 0.152. The molecular formula is C60H40N2. The smallest absolute Gasteiger partial charge is 0.0645 e. The van der Waals surface area contributed by atoms with Gasteiger partial charge in [0.2, 0.25) is 0 Å². The summed E-state index contributed by atoms with van der Waals surface area (Å²) in [5.41, 5.74) is 13.0. The Hall–Kier alpha value is -8.20. The van der Waals surface area contributed by atoms with Gasteiger partial charge in [-0.3, -0.25) is 0 Å². The first kappa shape index (κ1) is 29.1. The van der Waals surface area contributed by atoms with Crippen molar-refractivity contribution in [1.82, 2.24) is 9.13 Å². The Bertz CT molecular complexity index is 3990. The molecule has 10 aromatic carbocycles. The number of rotatable bonds is 7. The van der Waals surface area contributed by atoms with Crippen molar-refractivity contribution in [3.05, 3.63) is 242 Å². The van der Waals surface area contributed by atoms with E-state index in [9.17, 15) is 6.85 Å². The minimum absolute atomic E-state index is 0.0847. The second-order valence-electron chi connectivity index (χ2n) is 15.6. The fourth-order valence-electron chi connectivity index (χ4n) is 8.93. The molecule has 0 bridgehead atoms. The molecule has 290 valence electrons. The summed E-state index contributed by atoms with van der Waals surface area (Å²) in [4.78, 5) is 0. The van der Waals surface area contributed by atoms with E-state index in [1.54, 1.807) is 4.57 Å². The van der Waals surface area contributed by atoms with Gasteiger partial charge in [0.25, 0.3) is 0 Å². The van der Waals surface area contributed by atoms with Crippen LogP contribution in [0.1, 0.15) is 9.60 Å². The highest BCUT2D eigenvalue weighted by molar-refractivity contribution is 6.13. The van der Waals surface area contributed by atoms with Crippen molar-refractivity contribution in [3.63, 3.8) is 0 Å². The predicted molar refractivity (Wildman–Crippen MR) is 262 cm³/mol. The molecule has 0 saturated heterocycles. The van der Waals surface area contributed by atoms with Gasteiger partial charge in [-0.2, -0.15) is 0 Å². The summed E-state index contributed by atoms with van der Waals surface area (Å²) in [7, 11) is 0. The molecule has 0 spiro atoms. The van der Waals surface area contributed by atoms with Crippen LogP contribution in [0.5, 0.6) is 0 Å². The standard InChI is InChI=1S/C60H40N2/c1-4-13-41(14-5-1)44-23-25-45(26-24-44)46-27-32-51(33-28-46)61-57-22-11-10-21-53(57)54-39-49(30-35-58(54)61)50-31-36-60-56(40-50)55-38-48(43-17-8-3-9-18-43)29-34-59(55)62(60)52-20-12-19-47(37-52)42-15-6-2-7-16-42/h1-40H/i10D,11D,21D,22D,30D,35D,39D. The lowest BCUT2D eigenvalue weighted by atomic mass is 9.99. The number of hydrogen-bond acceptors (Lipinski definition) is 0. The van der Waals surface area contributed by atoms with Crippen molar-refractivity contribution in [2.45, 2.75) is 0 Å². The van der Waals surface area contributed by atoms with Crippen LogP contribution in [0, 0.1) is 0 Å². The third-order valence-electron chi connectivity index (χ3n) is 12.0. The fourth-order valence-corrected chi connectivity index (χ4v) is 8.93. The predicted octanol–water partition coefficient (Wildman–Crippen LogP) is 16.2. The van der Waals surface area contributed by atoms with Gasteiger partial charge in [0.15, 0.2) is 0 Å². The molecule has 0 fully saturated rings. The Kier molecular flexibility index (Phi) is 6.95. The van der Waals surface area contributed by atoms with E-state index < -0.39 is 12.1 Å². The van der Waals surface area contributed by atoms with Gasteiger partial charge in [-0.25, -0.2) is 0 Å². The molecule has 12 aromatic rings. The van der Waals surface area contributed by atoms with Crippen molar-refractivity contribution in [1.29, 1.82) is 0 Å². The van der Waals surface area contributed by atoms with Crippen LogP contribution in [0.3, 0.4) is 0 Å². The van der Waals surface area contributed by atoms with Gasteiger partial charge in [-0.1, -0.05) is 176 Å². The van der Waals surface area contributed by atoms with Gasteiger partial charge < -0.3 is 9.13 Å². The first-order valence-corrected chi connectivity index (χ1v) is 20.8. The largest absolute Gasteiger partial charge is 0.309 e. The van der Waals surface area contributed by atoms with Crippen molar-refractivity contribution in [2.75, 3.05) is 0 Å². The van der Waals surface area contributed by atoms with Crippen LogP contribution in [-0.4, -0.2) is 9.13 Å². The van der Waals surface area contributed by atoms with Crippen LogP contribution in [0.25, 0.3) is 111 Å². The highest BCUT2D eigenvalue weighted by Crippen LogP contribution is 2.40. The van der Waals surface area contributed by atoms with Gasteiger partial charge in [-0.15, -0.1) is 0 Å². The van der Waals surface area contributed by atoms with Gasteiger partial charge in [0.05, 0.1) is 31.7 Å². The van der Waals surface area contributed by atoms with Gasteiger partial charge in [0, 0.05) is 32.9 Å². The highest BCUT2D eigenvalue weighted by Gasteiger charge is 2.17. The van der Waals surface area contributed by atoms with Crippen molar-refractivity contribution < 1.29 is 9.60 Å². The second-order valence-corrected chi connectivity index (χ2v) is 15.6. The molecule has 62 heavy (non-hydrogen) atoms. The average molecular weight is 796 g/mol. The minimum atomic E-state index is -0.428. The van der Waals surface area contributed by atoms with Crippen LogP contribution in [0.4, 0.5) is 0 Å². The lowest BCUT2D eigenvalue weighted by Crippen LogP contribution is -1.94. The summed E-state index contributed by atoms with van der Waals surface area (Å²) < 4.78 is 69.2. The molecule has 0 N–H and O–H groups in total. The summed E-state index contributed by atoms with van der Waals surface area (Å²) in [6.07, 6.45) is 0. The van der Waals surface area contributed by atoms with Gasteiger partial charge >= 0.3 is 0 Å². The van der Waals surface area contributed by atoms with E-state index in [2.05, 4.69) is 108 Å². The molecule has 0 aliphatic heterocycles. The molecule has 0 aliphatic carbocycles. The molecule has 0 radical (unpaired) electrons. The van der Waals surface area contributed by atoms with E-state index >= 15 is 0 Å². The van der Waals surface area contributed by atoms with Crippen LogP contribution in [0.15, 0.2) is 242 Å². The normalized spacial score (nSPS) is 13.1. The Morgan fingerprint density at radius 1 is 0.258 bits per heavy atom. The summed E-state index contributed by atoms with van der Waals surface area (Å²) in [6.45, 7) is 0. The first-order chi connectivity index (χ1) is 33.7. The number of aromatic nitrogens is 2. The maximum absolute atomic E-state index is 9.98. The van der Waals surface area contributed by atoms with Crippen molar-refractivity contribution in [2.24, 2.45) is 0 Å². The van der Waals surface area contributed by atoms with Gasteiger partial charge in [0.1, 0.15) is 0 Å². The molecule has 2 nitrogen and oxygen atoms in total. The van der Waals surface area contributed by atoms with Crippen LogP contribution < -0.4 is 0 Å². The molecule has 0 saturated carbocycles. The SMILES string of the molecule is [2H]c1c([2H])c([2H])c2c(c1[2H])c1c([2H])c(-c3ccc4c(c3)c3cc(-c5ccccc5)ccc3n4-c3cccc(-c4ccccc4)c3)c([2H])c([2H])c1n2-c1ccc(-c2ccc(-c3ccccc3)cc2)cc1. The third kappa shape index (κ3) is 6.12. The third-order valence-corrected chi connectivity index (χ3v) is 12.0. The van der Waals surface area contributed by atoms with Crippen molar-refractivity contribution in [3.8, 4) is 67.0 Å². The Morgan fingerprint density at radius 3 is 1.29 bits per heavy atom. The summed E-state index contributed by atoms with van der Waals surface area (Å²) in [5.74, 6) is 0. The zero-order valence-corrected chi connectivity index (χ0v) is 33.4. The van der Waals surface area contributed by atoms with Crippen LogP contribution in [-0.2, 0) is 0 Å². The van der Waals surface area contributed by atoms with E-state index in [1.807, 2.05) is 97.1 Å². The number of hydrogen-bond donors (Lipinski definition) is 0. The summed E-state index contributed by atoms with van der Waals surface area (Å²) in [5, 5.41) is 2.21. The topological polar surface area (TPSA) is 9.86 Å². The number of para-hydroxylation sites is 1. The fraction of sp³-hybridized carbons (Fsp3) is 0. The lowest BCUT2D eigenvalue weighted by Gasteiger charge is -2.11. The second kappa shape index (κ2) is 14.8. The summed E-state index contributed by atoms with van der Waals surface area (Å²) >= 11 is 0. The minimum Gasteiger partial charge on any atom is -0.309 e. The molecule has 12 rings (SSSR count). The van der Waals surface area contributed by atoms with E-state index in [4.69, 9.17) is 2.74 Å². The highest BCUT2D eigenvalue weighted by atomic mass is 15.0. The zero-order valence-electron chi connectivity index (χ0n) is 40.4. The molecule has 0 aliphatic rings. The van der Waals surface area contributed by atoms with E-state index in [-0.39, 0.29) is 57.6 Å². The molecule has 0 atom stereocenters. The molecule has 2 heterocycles.